The van der Waals surface area contributed by atoms with Gasteiger partial charge in [-0.3, -0.25) is 9.59 Å². The molecule has 0 bridgehead atoms. The summed E-state index contributed by atoms with van der Waals surface area (Å²) in [6.45, 7) is 3.42. The van der Waals surface area contributed by atoms with E-state index in [2.05, 4.69) is 16.9 Å². The minimum absolute atomic E-state index is 0.0534. The Labute approximate surface area is 171 Å². The molecule has 0 saturated heterocycles. The molecule has 1 aliphatic rings. The van der Waals surface area contributed by atoms with E-state index in [-0.39, 0.29) is 24.0 Å². The van der Waals surface area contributed by atoms with Gasteiger partial charge >= 0.3 is 0 Å². The molecule has 3 rings (SSSR count). The fourth-order valence-corrected chi connectivity index (χ4v) is 3.44. The minimum Gasteiger partial charge on any atom is -0.507 e. The highest BCUT2D eigenvalue weighted by Crippen LogP contribution is 2.27. The van der Waals surface area contributed by atoms with E-state index in [1.807, 2.05) is 37.4 Å². The molecule has 0 fully saturated rings. The third kappa shape index (κ3) is 4.90. The maximum atomic E-state index is 13.1. The van der Waals surface area contributed by atoms with Crippen LogP contribution in [0.1, 0.15) is 30.9 Å². The molecular formula is C23H27N3O3. The highest BCUT2D eigenvalue weighted by Gasteiger charge is 2.40. The number of nitrogens with zero attached hydrogens (tertiary/aromatic N) is 3. The number of carbonyl (C=O) groups is 2. The van der Waals surface area contributed by atoms with Crippen molar-refractivity contribution in [2.45, 2.75) is 26.2 Å². The fraction of sp³-hybridized carbons (Fsp3) is 0.348. The monoisotopic (exact) mass is 393 g/mol. The first-order valence-electron chi connectivity index (χ1n) is 9.97. The smallest absolute Gasteiger partial charge is 0.260 e. The Kier molecular flexibility index (Phi) is 6.77. The summed E-state index contributed by atoms with van der Waals surface area (Å²) in [6, 6.07) is 16.1. The summed E-state index contributed by atoms with van der Waals surface area (Å²) in [5.74, 6) is -1.25. The van der Waals surface area contributed by atoms with Gasteiger partial charge in [-0.15, -0.1) is 0 Å². The van der Waals surface area contributed by atoms with Crippen LogP contribution < -0.4 is 0 Å². The third-order valence-corrected chi connectivity index (χ3v) is 5.05. The number of hydrogen-bond acceptors (Lipinski definition) is 5. The molecule has 0 unspecified atom stereocenters. The predicted molar refractivity (Wildman–Crippen MR) is 113 cm³/mol. The van der Waals surface area contributed by atoms with Crippen molar-refractivity contribution in [1.82, 2.24) is 9.91 Å². The topological polar surface area (TPSA) is 73.2 Å². The molecule has 29 heavy (non-hydrogen) atoms. The van der Waals surface area contributed by atoms with E-state index in [0.29, 0.717) is 17.8 Å². The quantitative estimate of drug-likeness (QED) is 0.748. The number of amides is 2. The van der Waals surface area contributed by atoms with Crippen LogP contribution in [0.4, 0.5) is 0 Å². The zero-order valence-corrected chi connectivity index (χ0v) is 16.9. The zero-order valence-electron chi connectivity index (χ0n) is 16.9. The molecule has 152 valence electrons. The van der Waals surface area contributed by atoms with Gasteiger partial charge in [-0.2, -0.15) is 10.1 Å². The summed E-state index contributed by atoms with van der Waals surface area (Å²) in [7, 11) is 1.96. The van der Waals surface area contributed by atoms with Crippen molar-refractivity contribution in [3.63, 3.8) is 0 Å². The van der Waals surface area contributed by atoms with Gasteiger partial charge < -0.3 is 10.0 Å². The van der Waals surface area contributed by atoms with Crippen molar-refractivity contribution in [2.75, 3.05) is 20.1 Å². The summed E-state index contributed by atoms with van der Waals surface area (Å²) < 4.78 is 0. The van der Waals surface area contributed by atoms with Gasteiger partial charge in [0.2, 0.25) is 0 Å². The number of hydrazone groups is 1. The van der Waals surface area contributed by atoms with E-state index in [4.69, 9.17) is 0 Å². The number of para-hydroxylation sites is 1. The lowest BCUT2D eigenvalue weighted by atomic mass is 9.95. The number of hydrogen-bond donors (Lipinski definition) is 1. The van der Waals surface area contributed by atoms with Crippen molar-refractivity contribution < 1.29 is 14.7 Å². The number of unbranched alkanes of at least 4 members (excludes halogenated alkanes) is 1. The van der Waals surface area contributed by atoms with Crippen LogP contribution in [0.5, 0.6) is 5.75 Å². The van der Waals surface area contributed by atoms with Crippen molar-refractivity contribution in [1.29, 1.82) is 0 Å². The van der Waals surface area contributed by atoms with Crippen LogP contribution in [0.25, 0.3) is 0 Å². The first-order chi connectivity index (χ1) is 14.0. The van der Waals surface area contributed by atoms with Gasteiger partial charge in [-0.25, -0.2) is 0 Å². The summed E-state index contributed by atoms with van der Waals surface area (Å²) in [4.78, 5) is 28.0. The van der Waals surface area contributed by atoms with Crippen molar-refractivity contribution >= 4 is 17.5 Å². The van der Waals surface area contributed by atoms with Crippen LogP contribution in [0.15, 0.2) is 59.7 Å². The zero-order chi connectivity index (χ0) is 20.8. The average molecular weight is 393 g/mol. The van der Waals surface area contributed by atoms with Gasteiger partial charge in [0.25, 0.3) is 11.8 Å². The second-order valence-corrected chi connectivity index (χ2v) is 7.38. The van der Waals surface area contributed by atoms with Gasteiger partial charge in [0, 0.05) is 12.1 Å². The molecule has 0 aromatic heterocycles. The van der Waals surface area contributed by atoms with E-state index in [1.165, 1.54) is 0 Å². The summed E-state index contributed by atoms with van der Waals surface area (Å²) in [5, 5.41) is 15.7. The van der Waals surface area contributed by atoms with Crippen LogP contribution in [0.2, 0.25) is 0 Å². The highest BCUT2D eigenvalue weighted by atomic mass is 16.3. The first-order valence-corrected chi connectivity index (χ1v) is 9.97. The molecule has 1 N–H and O–H groups in total. The normalized spacial score (nSPS) is 16.4. The third-order valence-electron chi connectivity index (χ3n) is 5.05. The maximum absolute atomic E-state index is 13.1. The van der Waals surface area contributed by atoms with Gasteiger partial charge in [-0.1, -0.05) is 55.8 Å². The van der Waals surface area contributed by atoms with E-state index in [1.54, 1.807) is 24.3 Å². The van der Waals surface area contributed by atoms with Crippen molar-refractivity contribution in [2.24, 2.45) is 11.0 Å². The Hall–Kier alpha value is -2.99. The largest absolute Gasteiger partial charge is 0.507 e. The number of phenolic OH excluding ortho intramolecular Hbond substituents is 1. The molecule has 2 aromatic rings. The number of rotatable bonds is 8. The molecule has 0 saturated carbocycles. The first kappa shape index (κ1) is 20.7. The standard InChI is InChI=1S/C23H27N3O3/c1-3-4-14-25(2)16-19-22(18-12-8-9-13-20(18)27)24-26(23(19)29)21(28)15-17-10-6-5-7-11-17/h5-13,19,27H,3-4,14-16H2,1-2H3/t19-/m1/s1. The Bertz CT molecular complexity index is 895. The SMILES string of the molecule is CCCCN(C)C[C@H]1C(=O)N(C(=O)Cc2ccccc2)N=C1c1ccccc1O. The Balaban J connectivity index is 1.87. The molecule has 2 amide bonds. The molecule has 0 spiro atoms. The lowest BCUT2D eigenvalue weighted by Gasteiger charge is -2.21. The van der Waals surface area contributed by atoms with E-state index < -0.39 is 5.92 Å². The Morgan fingerprint density at radius 3 is 2.52 bits per heavy atom. The molecule has 0 aliphatic carbocycles. The van der Waals surface area contributed by atoms with Crippen LogP contribution in [0, 0.1) is 5.92 Å². The highest BCUT2D eigenvalue weighted by molar-refractivity contribution is 6.20. The molecule has 6 heteroatoms. The summed E-state index contributed by atoms with van der Waals surface area (Å²) >= 11 is 0. The van der Waals surface area contributed by atoms with Crippen LogP contribution in [0.3, 0.4) is 0 Å². The lowest BCUT2D eigenvalue weighted by molar-refractivity contribution is -0.144. The van der Waals surface area contributed by atoms with E-state index in [0.717, 1.165) is 30.0 Å². The van der Waals surface area contributed by atoms with E-state index in [9.17, 15) is 14.7 Å². The molecular weight excluding hydrogens is 366 g/mol. The number of benzene rings is 2. The molecule has 6 nitrogen and oxygen atoms in total. The maximum Gasteiger partial charge on any atom is 0.260 e. The predicted octanol–water partition coefficient (Wildman–Crippen LogP) is 3.06. The Morgan fingerprint density at radius 2 is 1.83 bits per heavy atom. The molecule has 1 heterocycles. The Morgan fingerprint density at radius 1 is 1.14 bits per heavy atom. The van der Waals surface area contributed by atoms with Crippen molar-refractivity contribution in [3.05, 3.63) is 65.7 Å². The molecule has 1 aliphatic heterocycles. The molecule has 2 aromatic carbocycles. The second-order valence-electron chi connectivity index (χ2n) is 7.38. The molecule has 1 atom stereocenters. The second kappa shape index (κ2) is 9.47. The molecule has 0 radical (unpaired) electrons. The number of phenols is 1. The van der Waals surface area contributed by atoms with Gasteiger partial charge in [0.05, 0.1) is 18.1 Å². The van der Waals surface area contributed by atoms with Gasteiger partial charge in [0.15, 0.2) is 0 Å². The lowest BCUT2D eigenvalue weighted by Crippen LogP contribution is -2.39. The van der Waals surface area contributed by atoms with Crippen LogP contribution in [-0.2, 0) is 16.0 Å². The summed E-state index contributed by atoms with van der Waals surface area (Å²) in [6.07, 6.45) is 2.19. The number of carbonyl (C=O) groups excluding carboxylic acids is 2. The van der Waals surface area contributed by atoms with Crippen molar-refractivity contribution in [3.8, 4) is 5.75 Å². The van der Waals surface area contributed by atoms with Crippen LogP contribution >= 0.6 is 0 Å². The average Bonchev–Trinajstić information content (AvgIpc) is 3.04. The fourth-order valence-electron chi connectivity index (χ4n) is 3.44. The van der Waals surface area contributed by atoms with E-state index >= 15 is 0 Å². The number of imide groups is 1. The summed E-state index contributed by atoms with van der Waals surface area (Å²) in [5.41, 5.74) is 1.76. The van der Waals surface area contributed by atoms with Gasteiger partial charge in [0.1, 0.15) is 5.75 Å². The number of aromatic hydroxyl groups is 1. The van der Waals surface area contributed by atoms with Gasteiger partial charge in [-0.05, 0) is 37.7 Å². The van der Waals surface area contributed by atoms with Crippen LogP contribution in [-0.4, -0.2) is 52.7 Å². The minimum atomic E-state index is -0.593.